The van der Waals surface area contributed by atoms with Gasteiger partial charge < -0.3 is 20.1 Å². The summed E-state index contributed by atoms with van der Waals surface area (Å²) in [5.41, 5.74) is 0. The molecule has 0 spiro atoms. The topological polar surface area (TPSA) is 83.3 Å². The summed E-state index contributed by atoms with van der Waals surface area (Å²) in [6, 6.07) is 4.03. The molecule has 1 aliphatic rings. The van der Waals surface area contributed by atoms with Crippen LogP contribution in [0.5, 0.6) is 0 Å². The maximum atomic E-state index is 6.25. The van der Waals surface area contributed by atoms with Crippen molar-refractivity contribution in [3.05, 3.63) is 35.5 Å². The SMILES string of the molecule is CCc1nncn1CCNC(=NC)NC1CCN(c2ncccc2Cl)C1. The third kappa shape index (κ3) is 4.43. The monoisotopic (exact) mass is 376 g/mol. The average Bonchev–Trinajstić information content (AvgIpc) is 3.30. The third-order valence-corrected chi connectivity index (χ3v) is 4.74. The maximum absolute atomic E-state index is 6.25. The van der Waals surface area contributed by atoms with Gasteiger partial charge in [-0.25, -0.2) is 4.98 Å². The van der Waals surface area contributed by atoms with Crippen molar-refractivity contribution in [2.75, 3.05) is 31.6 Å². The number of pyridine rings is 1. The molecule has 0 amide bonds. The maximum Gasteiger partial charge on any atom is 0.191 e. The number of hydrogen-bond donors (Lipinski definition) is 2. The predicted octanol–water partition coefficient (Wildman–Crippen LogP) is 1.33. The van der Waals surface area contributed by atoms with E-state index in [2.05, 4.69) is 47.2 Å². The first-order chi connectivity index (χ1) is 12.7. The van der Waals surface area contributed by atoms with E-state index >= 15 is 0 Å². The lowest BCUT2D eigenvalue weighted by molar-refractivity contribution is 0.611. The number of aryl methyl sites for hydroxylation is 1. The van der Waals surface area contributed by atoms with Gasteiger partial charge in [-0.05, 0) is 18.6 Å². The Morgan fingerprint density at radius 3 is 3.12 bits per heavy atom. The van der Waals surface area contributed by atoms with Crippen LogP contribution in [0.3, 0.4) is 0 Å². The highest BCUT2D eigenvalue weighted by molar-refractivity contribution is 6.32. The van der Waals surface area contributed by atoms with Gasteiger partial charge in [0.2, 0.25) is 0 Å². The largest absolute Gasteiger partial charge is 0.355 e. The molecule has 1 fully saturated rings. The van der Waals surface area contributed by atoms with Crippen LogP contribution in [0.1, 0.15) is 19.2 Å². The van der Waals surface area contributed by atoms with Crippen LogP contribution in [-0.2, 0) is 13.0 Å². The molecule has 0 aromatic carbocycles. The Morgan fingerprint density at radius 1 is 1.46 bits per heavy atom. The van der Waals surface area contributed by atoms with Crippen LogP contribution in [0.4, 0.5) is 5.82 Å². The Labute approximate surface area is 158 Å². The lowest BCUT2D eigenvalue weighted by Gasteiger charge is -2.20. The summed E-state index contributed by atoms with van der Waals surface area (Å²) < 4.78 is 2.06. The second-order valence-electron chi connectivity index (χ2n) is 6.18. The molecule has 0 aliphatic carbocycles. The van der Waals surface area contributed by atoms with Crippen molar-refractivity contribution in [2.24, 2.45) is 4.99 Å². The van der Waals surface area contributed by atoms with Crippen molar-refractivity contribution < 1.29 is 0 Å². The van der Waals surface area contributed by atoms with Gasteiger partial charge in [0.25, 0.3) is 0 Å². The Hall–Kier alpha value is -2.35. The minimum absolute atomic E-state index is 0.306. The summed E-state index contributed by atoms with van der Waals surface area (Å²) in [5.74, 6) is 2.64. The second kappa shape index (κ2) is 8.84. The molecule has 8 nitrogen and oxygen atoms in total. The summed E-state index contributed by atoms with van der Waals surface area (Å²) in [6.45, 7) is 5.41. The third-order valence-electron chi connectivity index (χ3n) is 4.45. The summed E-state index contributed by atoms with van der Waals surface area (Å²) >= 11 is 6.25. The summed E-state index contributed by atoms with van der Waals surface area (Å²) in [5, 5.41) is 15.6. The molecular formula is C17H25ClN8. The minimum Gasteiger partial charge on any atom is -0.355 e. The summed E-state index contributed by atoms with van der Waals surface area (Å²) in [6.07, 6.45) is 5.43. The van der Waals surface area contributed by atoms with Gasteiger partial charge >= 0.3 is 0 Å². The van der Waals surface area contributed by atoms with Gasteiger partial charge in [0.15, 0.2) is 5.96 Å². The van der Waals surface area contributed by atoms with E-state index in [1.807, 2.05) is 12.1 Å². The van der Waals surface area contributed by atoms with Crippen LogP contribution in [-0.4, -0.2) is 58.4 Å². The first-order valence-electron chi connectivity index (χ1n) is 8.90. The van der Waals surface area contributed by atoms with E-state index in [9.17, 15) is 0 Å². The molecule has 1 saturated heterocycles. The summed E-state index contributed by atoms with van der Waals surface area (Å²) in [4.78, 5) is 10.9. The molecule has 9 heteroatoms. The Balaban J connectivity index is 1.48. The van der Waals surface area contributed by atoms with Crippen LogP contribution in [0.15, 0.2) is 29.6 Å². The fourth-order valence-electron chi connectivity index (χ4n) is 3.10. The minimum atomic E-state index is 0.306. The van der Waals surface area contributed by atoms with Gasteiger partial charge in [-0.3, -0.25) is 4.99 Å². The molecule has 2 aromatic heterocycles. The number of aliphatic imine (C=N–C) groups is 1. The zero-order valence-corrected chi connectivity index (χ0v) is 15.9. The van der Waals surface area contributed by atoms with Crippen LogP contribution < -0.4 is 15.5 Å². The molecule has 0 radical (unpaired) electrons. The highest BCUT2D eigenvalue weighted by Gasteiger charge is 2.25. The molecule has 0 saturated carbocycles. The van der Waals surface area contributed by atoms with Gasteiger partial charge in [0.1, 0.15) is 18.0 Å². The van der Waals surface area contributed by atoms with Crippen molar-refractivity contribution in [1.29, 1.82) is 0 Å². The molecule has 26 heavy (non-hydrogen) atoms. The molecule has 2 aromatic rings. The van der Waals surface area contributed by atoms with E-state index in [0.29, 0.717) is 11.1 Å². The van der Waals surface area contributed by atoms with Crippen molar-refractivity contribution in [3.8, 4) is 0 Å². The first kappa shape index (κ1) is 18.4. The van der Waals surface area contributed by atoms with E-state index in [0.717, 1.165) is 56.6 Å². The highest BCUT2D eigenvalue weighted by Crippen LogP contribution is 2.25. The Morgan fingerprint density at radius 2 is 2.35 bits per heavy atom. The van der Waals surface area contributed by atoms with Gasteiger partial charge in [0.05, 0.1) is 5.02 Å². The quantitative estimate of drug-likeness (QED) is 0.584. The number of nitrogens with zero attached hydrogens (tertiary/aromatic N) is 6. The Bertz CT molecular complexity index is 744. The molecule has 3 rings (SSSR count). The van der Waals surface area contributed by atoms with Crippen LogP contribution in [0.25, 0.3) is 0 Å². The first-order valence-corrected chi connectivity index (χ1v) is 9.28. The van der Waals surface area contributed by atoms with Crippen LogP contribution >= 0.6 is 11.6 Å². The molecule has 0 bridgehead atoms. The van der Waals surface area contributed by atoms with Crippen molar-refractivity contribution >= 4 is 23.4 Å². The van der Waals surface area contributed by atoms with Crippen LogP contribution in [0, 0.1) is 0 Å². The lowest BCUT2D eigenvalue weighted by atomic mass is 10.3. The van der Waals surface area contributed by atoms with Gasteiger partial charge in [-0.2, -0.15) is 0 Å². The number of nitrogens with one attached hydrogen (secondary N) is 2. The normalized spacial score (nSPS) is 17.6. The molecule has 2 N–H and O–H groups in total. The standard InChI is InChI=1S/C17H25ClN8/c1-3-15-24-22-12-26(15)10-8-21-17(19-2)23-13-6-9-25(11-13)16-14(18)5-4-7-20-16/h4-5,7,12-13H,3,6,8-11H2,1-2H3,(H2,19,21,23). The fourth-order valence-corrected chi connectivity index (χ4v) is 3.34. The van der Waals surface area contributed by atoms with Gasteiger partial charge in [-0.15, -0.1) is 10.2 Å². The van der Waals surface area contributed by atoms with E-state index in [4.69, 9.17) is 11.6 Å². The number of rotatable bonds is 6. The molecule has 140 valence electrons. The zero-order valence-electron chi connectivity index (χ0n) is 15.2. The number of guanidine groups is 1. The molecular weight excluding hydrogens is 352 g/mol. The van der Waals surface area contributed by atoms with E-state index < -0.39 is 0 Å². The van der Waals surface area contributed by atoms with E-state index in [1.165, 1.54) is 0 Å². The second-order valence-corrected chi connectivity index (χ2v) is 6.59. The van der Waals surface area contributed by atoms with Gasteiger partial charge in [0, 0.05) is 51.9 Å². The average molecular weight is 377 g/mol. The van der Waals surface area contributed by atoms with Gasteiger partial charge in [-0.1, -0.05) is 18.5 Å². The fraction of sp³-hybridized carbons (Fsp3) is 0.529. The number of halogens is 1. The molecule has 1 unspecified atom stereocenters. The van der Waals surface area contributed by atoms with E-state index in [1.54, 1.807) is 19.6 Å². The molecule has 3 heterocycles. The number of aromatic nitrogens is 4. The zero-order chi connectivity index (χ0) is 18.4. The van der Waals surface area contributed by atoms with E-state index in [-0.39, 0.29) is 0 Å². The number of hydrogen-bond acceptors (Lipinski definition) is 5. The highest BCUT2D eigenvalue weighted by atomic mass is 35.5. The van der Waals surface area contributed by atoms with Crippen molar-refractivity contribution in [3.63, 3.8) is 0 Å². The lowest BCUT2D eigenvalue weighted by Crippen LogP contribution is -2.45. The molecule has 1 aliphatic heterocycles. The predicted molar refractivity (Wildman–Crippen MR) is 104 cm³/mol. The Kier molecular flexibility index (Phi) is 6.27. The van der Waals surface area contributed by atoms with Crippen molar-refractivity contribution in [2.45, 2.75) is 32.4 Å². The smallest absolute Gasteiger partial charge is 0.191 e. The van der Waals surface area contributed by atoms with Crippen molar-refractivity contribution in [1.82, 2.24) is 30.4 Å². The summed E-state index contributed by atoms with van der Waals surface area (Å²) in [7, 11) is 1.79. The number of anilines is 1. The van der Waals surface area contributed by atoms with Crippen LogP contribution in [0.2, 0.25) is 5.02 Å². The molecule has 1 atom stereocenters.